The molecule has 0 bridgehead atoms. The van der Waals surface area contributed by atoms with Crippen LogP contribution in [0, 0.1) is 0 Å². The predicted molar refractivity (Wildman–Crippen MR) is 95.4 cm³/mol. The Morgan fingerprint density at radius 1 is 1.19 bits per heavy atom. The summed E-state index contributed by atoms with van der Waals surface area (Å²) in [6, 6.07) is 12.3. The van der Waals surface area contributed by atoms with Crippen LogP contribution in [0.2, 0.25) is 0 Å². The zero-order valence-corrected chi connectivity index (χ0v) is 14.7. The number of phenolic OH excluding ortho intramolecular Hbond substituents is 1. The van der Waals surface area contributed by atoms with E-state index in [2.05, 4.69) is 12.2 Å². The van der Waals surface area contributed by atoms with E-state index in [0.29, 0.717) is 11.5 Å². The zero-order valence-electron chi connectivity index (χ0n) is 14.7. The fraction of sp³-hybridized carbons (Fsp3) is 0.300. The second-order valence-corrected chi connectivity index (χ2v) is 6.54. The second kappa shape index (κ2) is 7.07. The van der Waals surface area contributed by atoms with Gasteiger partial charge in [0.05, 0.1) is 0 Å². The average molecular weight is 355 g/mol. The lowest BCUT2D eigenvalue weighted by Crippen LogP contribution is -2.38. The van der Waals surface area contributed by atoms with E-state index < -0.39 is 17.6 Å². The van der Waals surface area contributed by atoms with E-state index in [1.54, 1.807) is 25.1 Å². The van der Waals surface area contributed by atoms with E-state index in [1.165, 1.54) is 0 Å². The Hall–Kier alpha value is -3.02. The number of aromatic hydroxyl groups is 1. The molecule has 1 unspecified atom stereocenters. The number of phenols is 1. The topological polar surface area (TPSA) is 84.9 Å². The number of nitrogens with one attached hydrogen (secondary N) is 1. The van der Waals surface area contributed by atoms with Gasteiger partial charge in [-0.15, -0.1) is 0 Å². The minimum absolute atomic E-state index is 0.205. The number of hydrogen-bond donors (Lipinski definition) is 2. The predicted octanol–water partition coefficient (Wildman–Crippen LogP) is 3.70. The van der Waals surface area contributed by atoms with Gasteiger partial charge in [-0.2, -0.15) is 0 Å². The molecule has 0 aliphatic carbocycles. The molecular formula is C20H21NO5. The third-order valence-corrected chi connectivity index (χ3v) is 4.24. The maximum absolute atomic E-state index is 11.9. The Labute approximate surface area is 151 Å². The highest BCUT2D eigenvalue weighted by Crippen LogP contribution is 2.31. The summed E-state index contributed by atoms with van der Waals surface area (Å²) in [5, 5.41) is 11.8. The highest BCUT2D eigenvalue weighted by Gasteiger charge is 2.44. The number of rotatable bonds is 6. The average Bonchev–Trinajstić information content (AvgIpc) is 2.82. The Kier molecular flexibility index (Phi) is 4.84. The SMILES string of the molecule is CCCc1cc(O)ccc1Oc1cccc(CC2(C)OC(=O)NC2=O)c1. The molecule has 1 aliphatic rings. The Balaban J connectivity index is 1.80. The number of carbonyl (C=O) groups is 2. The van der Waals surface area contributed by atoms with Crippen LogP contribution in [0.25, 0.3) is 0 Å². The molecule has 2 N–H and O–H groups in total. The summed E-state index contributed by atoms with van der Waals surface area (Å²) < 4.78 is 11.1. The number of hydrogen-bond acceptors (Lipinski definition) is 5. The first kappa shape index (κ1) is 17.8. The Bertz CT molecular complexity index is 848. The lowest BCUT2D eigenvalue weighted by molar-refractivity contribution is -0.129. The summed E-state index contributed by atoms with van der Waals surface area (Å²) in [7, 11) is 0. The van der Waals surface area contributed by atoms with Gasteiger partial charge in [0.15, 0.2) is 5.60 Å². The molecular weight excluding hydrogens is 334 g/mol. The largest absolute Gasteiger partial charge is 0.508 e. The molecule has 0 radical (unpaired) electrons. The van der Waals surface area contributed by atoms with Crippen molar-refractivity contribution in [1.82, 2.24) is 5.32 Å². The van der Waals surface area contributed by atoms with Crippen LogP contribution in [0.4, 0.5) is 4.79 Å². The van der Waals surface area contributed by atoms with Crippen molar-refractivity contribution in [1.29, 1.82) is 0 Å². The lowest BCUT2D eigenvalue weighted by Gasteiger charge is -2.19. The molecule has 3 rings (SSSR count). The van der Waals surface area contributed by atoms with Crippen molar-refractivity contribution < 1.29 is 24.2 Å². The summed E-state index contributed by atoms with van der Waals surface area (Å²) in [5.74, 6) is 1.05. The molecule has 1 atom stereocenters. The van der Waals surface area contributed by atoms with E-state index >= 15 is 0 Å². The van der Waals surface area contributed by atoms with Crippen LogP contribution >= 0.6 is 0 Å². The maximum Gasteiger partial charge on any atom is 0.415 e. The lowest BCUT2D eigenvalue weighted by atomic mass is 9.96. The van der Waals surface area contributed by atoms with Gasteiger partial charge in [0.1, 0.15) is 17.2 Å². The van der Waals surface area contributed by atoms with E-state index in [4.69, 9.17) is 9.47 Å². The zero-order chi connectivity index (χ0) is 18.7. The number of aryl methyl sites for hydroxylation is 1. The van der Waals surface area contributed by atoms with Gasteiger partial charge in [-0.1, -0.05) is 25.5 Å². The highest BCUT2D eigenvalue weighted by atomic mass is 16.6. The molecule has 6 heteroatoms. The van der Waals surface area contributed by atoms with Crippen LogP contribution in [-0.2, 0) is 22.4 Å². The quantitative estimate of drug-likeness (QED) is 0.825. The van der Waals surface area contributed by atoms with Gasteiger partial charge in [-0.05, 0) is 54.8 Å². The van der Waals surface area contributed by atoms with Gasteiger partial charge >= 0.3 is 6.09 Å². The van der Waals surface area contributed by atoms with Crippen molar-refractivity contribution in [3.8, 4) is 17.2 Å². The molecule has 2 amide bonds. The summed E-state index contributed by atoms with van der Waals surface area (Å²) in [6.07, 6.45) is 1.24. The van der Waals surface area contributed by atoms with Crippen molar-refractivity contribution in [2.75, 3.05) is 0 Å². The molecule has 6 nitrogen and oxygen atoms in total. The summed E-state index contributed by atoms with van der Waals surface area (Å²) in [4.78, 5) is 23.2. The van der Waals surface area contributed by atoms with Gasteiger partial charge in [-0.25, -0.2) is 4.79 Å². The Morgan fingerprint density at radius 2 is 2.00 bits per heavy atom. The number of cyclic esters (lactones) is 1. The normalized spacial score (nSPS) is 19.2. The summed E-state index contributed by atoms with van der Waals surface area (Å²) in [5.41, 5.74) is 0.515. The fourth-order valence-corrected chi connectivity index (χ4v) is 2.98. The molecule has 0 aromatic heterocycles. The molecule has 136 valence electrons. The molecule has 2 aromatic carbocycles. The minimum atomic E-state index is -1.22. The van der Waals surface area contributed by atoms with Crippen molar-refractivity contribution in [2.24, 2.45) is 0 Å². The van der Waals surface area contributed by atoms with Crippen molar-refractivity contribution >= 4 is 12.0 Å². The van der Waals surface area contributed by atoms with Gasteiger partial charge in [0.2, 0.25) is 0 Å². The first-order valence-corrected chi connectivity index (χ1v) is 8.53. The van der Waals surface area contributed by atoms with Gasteiger partial charge < -0.3 is 14.6 Å². The molecule has 1 aliphatic heterocycles. The van der Waals surface area contributed by atoms with E-state index in [0.717, 1.165) is 24.0 Å². The number of benzene rings is 2. The number of carbonyl (C=O) groups excluding carboxylic acids is 2. The molecule has 0 saturated carbocycles. The number of imide groups is 1. The number of amides is 2. The smallest absolute Gasteiger partial charge is 0.415 e. The Morgan fingerprint density at radius 3 is 2.69 bits per heavy atom. The molecule has 1 heterocycles. The van der Waals surface area contributed by atoms with Crippen molar-refractivity contribution in [3.05, 3.63) is 53.6 Å². The molecule has 1 saturated heterocycles. The van der Waals surface area contributed by atoms with E-state index in [1.807, 2.05) is 24.3 Å². The first-order chi connectivity index (χ1) is 12.4. The monoisotopic (exact) mass is 355 g/mol. The van der Waals surface area contributed by atoms with Crippen LogP contribution in [0.3, 0.4) is 0 Å². The molecule has 26 heavy (non-hydrogen) atoms. The van der Waals surface area contributed by atoms with Gasteiger partial charge in [0.25, 0.3) is 5.91 Å². The summed E-state index contributed by atoms with van der Waals surface area (Å²) >= 11 is 0. The van der Waals surface area contributed by atoms with Crippen molar-refractivity contribution in [3.63, 3.8) is 0 Å². The van der Waals surface area contributed by atoms with Gasteiger partial charge in [0, 0.05) is 6.42 Å². The molecule has 1 fully saturated rings. The molecule has 0 spiro atoms. The second-order valence-electron chi connectivity index (χ2n) is 6.54. The van der Waals surface area contributed by atoms with Crippen LogP contribution in [0.1, 0.15) is 31.4 Å². The van der Waals surface area contributed by atoms with E-state index in [-0.39, 0.29) is 12.2 Å². The van der Waals surface area contributed by atoms with E-state index in [9.17, 15) is 14.7 Å². The standard InChI is InChI=1S/C20H21NO5/c1-3-5-14-11-15(22)8-9-17(14)25-16-7-4-6-13(10-16)12-20(2)18(23)21-19(24)26-20/h4,6-11,22H,3,5,12H2,1-2H3,(H,21,23,24). The van der Waals surface area contributed by atoms with Crippen LogP contribution in [0.15, 0.2) is 42.5 Å². The van der Waals surface area contributed by atoms with Crippen molar-refractivity contribution in [2.45, 2.75) is 38.7 Å². The fourth-order valence-electron chi connectivity index (χ4n) is 2.98. The minimum Gasteiger partial charge on any atom is -0.508 e. The highest BCUT2D eigenvalue weighted by molar-refractivity contribution is 6.02. The van der Waals surface area contributed by atoms with Crippen LogP contribution < -0.4 is 10.1 Å². The third-order valence-electron chi connectivity index (χ3n) is 4.24. The molecule has 2 aromatic rings. The van der Waals surface area contributed by atoms with Gasteiger partial charge in [-0.3, -0.25) is 10.1 Å². The first-order valence-electron chi connectivity index (χ1n) is 8.53. The third kappa shape index (κ3) is 3.79. The maximum atomic E-state index is 11.9. The summed E-state index contributed by atoms with van der Waals surface area (Å²) in [6.45, 7) is 3.64. The van der Waals surface area contributed by atoms with Crippen LogP contribution in [0.5, 0.6) is 17.2 Å². The number of ether oxygens (including phenoxy) is 2. The van der Waals surface area contributed by atoms with Crippen LogP contribution in [-0.4, -0.2) is 22.7 Å². The number of alkyl carbamates (subject to hydrolysis) is 1.